The lowest BCUT2D eigenvalue weighted by Crippen LogP contribution is -2.44. The van der Waals surface area contributed by atoms with Gasteiger partial charge >= 0.3 is 6.18 Å². The first-order valence-electron chi connectivity index (χ1n) is 10.4. The second-order valence-corrected chi connectivity index (χ2v) is 7.61. The van der Waals surface area contributed by atoms with E-state index in [1.807, 2.05) is 12.1 Å². The Morgan fingerprint density at radius 3 is 2.70 bits per heavy atom. The minimum absolute atomic E-state index is 0.00389. The maximum absolute atomic E-state index is 13.4. The molecule has 1 aromatic carbocycles. The Hall–Kier alpha value is -3.87. The molecule has 0 radical (unpaired) electrons. The van der Waals surface area contributed by atoms with Crippen LogP contribution in [0, 0.1) is 11.3 Å². The maximum atomic E-state index is 13.4. The van der Waals surface area contributed by atoms with Gasteiger partial charge in [-0.2, -0.15) is 18.4 Å². The van der Waals surface area contributed by atoms with Crippen molar-refractivity contribution in [2.75, 3.05) is 18.0 Å². The number of nitriles is 1. The average Bonchev–Trinajstić information content (AvgIpc) is 3.51. The number of nitrogens with zero attached hydrogens (tertiary/aromatic N) is 4. The van der Waals surface area contributed by atoms with Crippen molar-refractivity contribution in [3.63, 3.8) is 0 Å². The zero-order valence-electron chi connectivity index (χ0n) is 17.5. The Labute approximate surface area is 187 Å². The molecule has 0 spiro atoms. The molecule has 33 heavy (non-hydrogen) atoms. The van der Waals surface area contributed by atoms with Crippen LogP contribution in [0.1, 0.15) is 29.8 Å². The third-order valence-corrected chi connectivity index (χ3v) is 5.39. The lowest BCUT2D eigenvalue weighted by atomic mass is 10.1. The summed E-state index contributed by atoms with van der Waals surface area (Å²) in [6.45, 7) is 0.768. The summed E-state index contributed by atoms with van der Waals surface area (Å²) in [6.07, 6.45) is -1.67. The van der Waals surface area contributed by atoms with Crippen LogP contribution in [0.2, 0.25) is 0 Å². The van der Waals surface area contributed by atoms with Gasteiger partial charge < -0.3 is 14.6 Å². The molecule has 1 atom stereocenters. The van der Waals surface area contributed by atoms with Gasteiger partial charge in [0.15, 0.2) is 5.76 Å². The maximum Gasteiger partial charge on any atom is 0.451 e. The van der Waals surface area contributed by atoms with Gasteiger partial charge in [-0.3, -0.25) is 4.79 Å². The van der Waals surface area contributed by atoms with E-state index in [1.165, 1.54) is 18.4 Å². The molecule has 0 saturated carbocycles. The van der Waals surface area contributed by atoms with Crippen molar-refractivity contribution in [2.45, 2.75) is 31.5 Å². The van der Waals surface area contributed by atoms with Crippen molar-refractivity contribution >= 4 is 11.7 Å². The van der Waals surface area contributed by atoms with Gasteiger partial charge in [0.05, 0.1) is 17.9 Å². The Kier molecular flexibility index (Phi) is 6.31. The number of alkyl halides is 3. The lowest BCUT2D eigenvalue weighted by molar-refractivity contribution is -0.144. The molecular weight excluding hydrogens is 435 g/mol. The van der Waals surface area contributed by atoms with Crippen molar-refractivity contribution < 1.29 is 22.4 Å². The van der Waals surface area contributed by atoms with Crippen molar-refractivity contribution in [2.24, 2.45) is 0 Å². The molecule has 1 N–H and O–H groups in total. The summed E-state index contributed by atoms with van der Waals surface area (Å²) in [7, 11) is 0. The number of rotatable bonds is 6. The first-order valence-corrected chi connectivity index (χ1v) is 10.4. The number of aromatic nitrogens is 2. The zero-order chi connectivity index (χ0) is 23.4. The Bertz CT molecular complexity index is 1150. The van der Waals surface area contributed by atoms with E-state index in [0.717, 1.165) is 5.56 Å². The largest absolute Gasteiger partial charge is 0.463 e. The Morgan fingerprint density at radius 2 is 2.03 bits per heavy atom. The van der Waals surface area contributed by atoms with Crippen LogP contribution in [0.25, 0.3) is 11.5 Å². The second-order valence-electron chi connectivity index (χ2n) is 7.61. The monoisotopic (exact) mass is 455 g/mol. The molecule has 1 unspecified atom stereocenters. The number of furan rings is 1. The quantitative estimate of drug-likeness (QED) is 0.605. The van der Waals surface area contributed by atoms with E-state index in [2.05, 4.69) is 21.4 Å². The number of nitrogens with one attached hydrogen (secondary N) is 1. The number of hydrogen-bond donors (Lipinski definition) is 1. The van der Waals surface area contributed by atoms with Gasteiger partial charge in [-0.05, 0) is 49.1 Å². The van der Waals surface area contributed by atoms with E-state index in [9.17, 15) is 18.0 Å². The second kappa shape index (κ2) is 9.32. The first-order chi connectivity index (χ1) is 15.8. The van der Waals surface area contributed by atoms with Gasteiger partial charge in [0.25, 0.3) is 0 Å². The Balaban J connectivity index is 1.49. The first kappa shape index (κ1) is 22.3. The molecule has 170 valence electrons. The van der Waals surface area contributed by atoms with E-state index in [1.54, 1.807) is 23.1 Å². The zero-order valence-corrected chi connectivity index (χ0v) is 17.5. The molecule has 10 heteroatoms. The van der Waals surface area contributed by atoms with Gasteiger partial charge in [-0.1, -0.05) is 12.1 Å². The van der Waals surface area contributed by atoms with Crippen LogP contribution >= 0.6 is 0 Å². The number of carbonyl (C=O) groups is 1. The van der Waals surface area contributed by atoms with Crippen LogP contribution in [-0.4, -0.2) is 35.0 Å². The SMILES string of the molecule is N#Cc1ccc(CCNC(=O)C2CCCN2c2cc(-c3ccco3)nc(C(F)(F)F)n2)cc1. The summed E-state index contributed by atoms with van der Waals surface area (Å²) in [5.74, 6) is -1.33. The molecule has 4 rings (SSSR count). The van der Waals surface area contributed by atoms with Gasteiger partial charge in [0.1, 0.15) is 17.6 Å². The lowest BCUT2D eigenvalue weighted by Gasteiger charge is -2.25. The third-order valence-electron chi connectivity index (χ3n) is 5.39. The van der Waals surface area contributed by atoms with Crippen LogP contribution in [0.3, 0.4) is 0 Å². The number of benzene rings is 1. The van der Waals surface area contributed by atoms with Gasteiger partial charge in [0.2, 0.25) is 11.7 Å². The molecular formula is C23H20F3N5O2. The summed E-state index contributed by atoms with van der Waals surface area (Å²) in [6, 6.07) is 13.0. The topological polar surface area (TPSA) is 95.1 Å². The van der Waals surface area contributed by atoms with Gasteiger partial charge in [-0.15, -0.1) is 0 Å². The molecule has 7 nitrogen and oxygen atoms in total. The average molecular weight is 455 g/mol. The normalized spacial score (nSPS) is 15.9. The molecule has 1 aliphatic heterocycles. The van der Waals surface area contributed by atoms with E-state index in [-0.39, 0.29) is 23.2 Å². The van der Waals surface area contributed by atoms with Crippen LogP contribution in [0.15, 0.2) is 53.1 Å². The molecule has 2 aromatic heterocycles. The predicted octanol–water partition coefficient (Wildman–Crippen LogP) is 3.95. The van der Waals surface area contributed by atoms with Gasteiger partial charge in [0, 0.05) is 19.2 Å². The highest BCUT2D eigenvalue weighted by molar-refractivity contribution is 5.85. The van der Waals surface area contributed by atoms with Crippen LogP contribution < -0.4 is 10.2 Å². The highest BCUT2D eigenvalue weighted by atomic mass is 19.4. The number of anilines is 1. The number of halogens is 3. The molecule has 1 amide bonds. The van der Waals surface area contributed by atoms with E-state index < -0.39 is 18.0 Å². The molecule has 0 bridgehead atoms. The van der Waals surface area contributed by atoms with Crippen LogP contribution in [0.4, 0.5) is 19.0 Å². The van der Waals surface area contributed by atoms with Crippen molar-refractivity contribution in [3.05, 3.63) is 65.7 Å². The summed E-state index contributed by atoms with van der Waals surface area (Å²) in [4.78, 5) is 21.7. The van der Waals surface area contributed by atoms with Crippen molar-refractivity contribution in [1.82, 2.24) is 15.3 Å². The fourth-order valence-electron chi connectivity index (χ4n) is 3.77. The van der Waals surface area contributed by atoms with Gasteiger partial charge in [-0.25, -0.2) is 9.97 Å². The number of carbonyl (C=O) groups excluding carboxylic acids is 1. The minimum Gasteiger partial charge on any atom is -0.463 e. The summed E-state index contributed by atoms with van der Waals surface area (Å²) < 4.78 is 45.5. The summed E-state index contributed by atoms with van der Waals surface area (Å²) in [5, 5.41) is 11.7. The summed E-state index contributed by atoms with van der Waals surface area (Å²) in [5.41, 5.74) is 1.52. The van der Waals surface area contributed by atoms with Crippen molar-refractivity contribution in [1.29, 1.82) is 5.26 Å². The van der Waals surface area contributed by atoms with E-state index in [4.69, 9.17) is 9.68 Å². The summed E-state index contributed by atoms with van der Waals surface area (Å²) >= 11 is 0. The molecule has 1 saturated heterocycles. The minimum atomic E-state index is -4.74. The fraction of sp³-hybridized carbons (Fsp3) is 0.304. The van der Waals surface area contributed by atoms with Crippen LogP contribution in [-0.2, 0) is 17.4 Å². The highest BCUT2D eigenvalue weighted by Crippen LogP contribution is 2.33. The standard InChI is InChI=1S/C23H20F3N5O2/c24-23(25,26)22-29-17(19-4-2-12-33-19)13-20(30-22)31-11-1-3-18(31)21(32)28-10-9-15-5-7-16(14-27)8-6-15/h2,4-8,12-13,18H,1,3,9-11H2,(H,28,32). The predicted molar refractivity (Wildman–Crippen MR) is 113 cm³/mol. The Morgan fingerprint density at radius 1 is 1.24 bits per heavy atom. The highest BCUT2D eigenvalue weighted by Gasteiger charge is 2.38. The fourth-order valence-corrected chi connectivity index (χ4v) is 3.77. The number of hydrogen-bond acceptors (Lipinski definition) is 6. The molecule has 3 aromatic rings. The van der Waals surface area contributed by atoms with E-state index in [0.29, 0.717) is 37.9 Å². The third kappa shape index (κ3) is 5.14. The van der Waals surface area contributed by atoms with Crippen molar-refractivity contribution in [3.8, 4) is 17.5 Å². The molecule has 1 fully saturated rings. The molecule has 0 aliphatic carbocycles. The molecule has 3 heterocycles. The van der Waals surface area contributed by atoms with E-state index >= 15 is 0 Å². The smallest absolute Gasteiger partial charge is 0.451 e. The molecule has 1 aliphatic rings. The van der Waals surface area contributed by atoms with Crippen LogP contribution in [0.5, 0.6) is 0 Å². The number of amides is 1.